The zero-order valence-corrected chi connectivity index (χ0v) is 12.3. The first-order valence-electron chi connectivity index (χ1n) is 5.09. The van der Waals surface area contributed by atoms with E-state index in [0.717, 1.165) is 0 Å². The van der Waals surface area contributed by atoms with Crippen LogP contribution in [0.25, 0.3) is 0 Å². The molecule has 0 bridgehead atoms. The molecule has 0 saturated carbocycles. The normalized spacial score (nSPS) is 11.5. The molecular weight excluding hydrogens is 229 g/mol. The Hall–Kier alpha value is -0.840. The van der Waals surface area contributed by atoms with Crippen LogP contribution < -0.4 is 40.0 Å². The van der Waals surface area contributed by atoms with Gasteiger partial charge in [0, 0.05) is 5.56 Å². The summed E-state index contributed by atoms with van der Waals surface area (Å²) in [4.78, 5) is 22.4. The molecular formula is C12H14NNaO3. The predicted octanol–water partition coefficient (Wildman–Crippen LogP) is -2.81. The van der Waals surface area contributed by atoms with Gasteiger partial charge in [-0.2, -0.15) is 0 Å². The van der Waals surface area contributed by atoms with Gasteiger partial charge in [-0.1, -0.05) is 32.0 Å². The summed E-state index contributed by atoms with van der Waals surface area (Å²) >= 11 is 0. The second-order valence-electron chi connectivity index (χ2n) is 3.88. The summed E-state index contributed by atoms with van der Waals surface area (Å²) in [5, 5.41) is 13.2. The monoisotopic (exact) mass is 243 g/mol. The van der Waals surface area contributed by atoms with Crippen molar-refractivity contribution in [3.05, 3.63) is 35.9 Å². The number of hydrogen-bond acceptors (Lipinski definition) is 3. The number of rotatable bonds is 4. The quantitative estimate of drug-likeness (QED) is 0.581. The minimum atomic E-state index is -1.26. The molecule has 0 spiro atoms. The Morgan fingerprint density at radius 3 is 2.12 bits per heavy atom. The molecule has 0 aliphatic heterocycles. The molecule has 0 heterocycles. The van der Waals surface area contributed by atoms with Crippen molar-refractivity contribution in [2.24, 2.45) is 5.92 Å². The van der Waals surface area contributed by atoms with Gasteiger partial charge in [0.05, 0.1) is 12.0 Å². The van der Waals surface area contributed by atoms with Gasteiger partial charge in [-0.25, -0.2) is 0 Å². The zero-order chi connectivity index (χ0) is 12.1. The average Bonchev–Trinajstić information content (AvgIpc) is 2.25. The molecule has 17 heavy (non-hydrogen) atoms. The Balaban J connectivity index is 0.00000256. The number of hydrogen-bond donors (Lipinski definition) is 1. The van der Waals surface area contributed by atoms with Crippen LogP contribution in [0, 0.1) is 5.92 Å². The number of benzene rings is 1. The molecule has 1 N–H and O–H groups in total. The molecule has 5 heteroatoms. The molecule has 0 aliphatic rings. The summed E-state index contributed by atoms with van der Waals surface area (Å²) in [5.74, 6) is -1.87. The molecule has 0 fully saturated rings. The van der Waals surface area contributed by atoms with Crippen LogP contribution in [0.1, 0.15) is 24.2 Å². The fraction of sp³-hybridized carbons (Fsp3) is 0.333. The van der Waals surface area contributed by atoms with Gasteiger partial charge in [0.2, 0.25) is 0 Å². The van der Waals surface area contributed by atoms with E-state index in [2.05, 4.69) is 5.32 Å². The minimum absolute atomic E-state index is 0. The van der Waals surface area contributed by atoms with E-state index in [-0.39, 0.29) is 35.5 Å². The van der Waals surface area contributed by atoms with E-state index < -0.39 is 17.9 Å². The number of aliphatic carboxylic acids is 1. The number of carboxylic acids is 1. The second-order valence-corrected chi connectivity index (χ2v) is 3.88. The Kier molecular flexibility index (Phi) is 7.11. The largest absolute Gasteiger partial charge is 1.00 e. The summed E-state index contributed by atoms with van der Waals surface area (Å²) in [7, 11) is 0. The maximum atomic E-state index is 11.7. The first kappa shape index (κ1) is 16.2. The molecule has 86 valence electrons. The van der Waals surface area contributed by atoms with Crippen molar-refractivity contribution in [1.29, 1.82) is 0 Å². The van der Waals surface area contributed by atoms with Gasteiger partial charge in [-0.3, -0.25) is 4.79 Å². The zero-order valence-electron chi connectivity index (χ0n) is 10.3. The van der Waals surface area contributed by atoms with Gasteiger partial charge >= 0.3 is 29.6 Å². The summed E-state index contributed by atoms with van der Waals surface area (Å²) in [6.45, 7) is 3.43. The average molecular weight is 243 g/mol. The van der Waals surface area contributed by atoms with E-state index in [1.54, 1.807) is 44.2 Å². The minimum Gasteiger partial charge on any atom is -0.548 e. The fourth-order valence-corrected chi connectivity index (χ4v) is 1.31. The first-order valence-corrected chi connectivity index (χ1v) is 5.09. The molecule has 1 atom stereocenters. The predicted molar refractivity (Wildman–Crippen MR) is 57.5 cm³/mol. The molecule has 0 saturated heterocycles. The van der Waals surface area contributed by atoms with E-state index in [9.17, 15) is 14.7 Å². The second kappa shape index (κ2) is 7.48. The SMILES string of the molecule is CC(C)[C@H](NC(=O)c1ccccc1)C(=O)[O-].[Na+]. The van der Waals surface area contributed by atoms with Crippen molar-refractivity contribution in [2.45, 2.75) is 19.9 Å². The molecule has 0 unspecified atom stereocenters. The maximum Gasteiger partial charge on any atom is 1.00 e. The van der Waals surface area contributed by atoms with Crippen molar-refractivity contribution in [3.8, 4) is 0 Å². The van der Waals surface area contributed by atoms with E-state index in [1.165, 1.54) is 0 Å². The molecule has 0 radical (unpaired) electrons. The number of nitrogens with one attached hydrogen (secondary N) is 1. The third kappa shape index (κ3) is 4.89. The molecule has 1 aromatic rings. The number of amides is 1. The van der Waals surface area contributed by atoms with Crippen LogP contribution in [0.3, 0.4) is 0 Å². The van der Waals surface area contributed by atoms with Crippen LogP contribution in [0.5, 0.6) is 0 Å². The van der Waals surface area contributed by atoms with Crippen molar-refractivity contribution in [2.75, 3.05) is 0 Å². The molecule has 1 amide bonds. The summed E-state index contributed by atoms with van der Waals surface area (Å²) in [6, 6.07) is 7.52. The molecule has 0 aromatic heterocycles. The summed E-state index contributed by atoms with van der Waals surface area (Å²) in [6.07, 6.45) is 0. The molecule has 0 aliphatic carbocycles. The maximum absolute atomic E-state index is 11.7. The van der Waals surface area contributed by atoms with Crippen LogP contribution in [0.4, 0.5) is 0 Å². The Bertz CT molecular complexity index is 379. The number of carbonyl (C=O) groups is 2. The molecule has 1 rings (SSSR count). The van der Waals surface area contributed by atoms with Gasteiger partial charge in [0.15, 0.2) is 0 Å². The number of carbonyl (C=O) groups excluding carboxylic acids is 2. The number of carboxylic acid groups (broad SMARTS) is 1. The van der Waals surface area contributed by atoms with E-state index >= 15 is 0 Å². The fourth-order valence-electron chi connectivity index (χ4n) is 1.31. The third-order valence-corrected chi connectivity index (χ3v) is 2.24. The molecule has 4 nitrogen and oxygen atoms in total. The smallest absolute Gasteiger partial charge is 0.548 e. The van der Waals surface area contributed by atoms with Crippen molar-refractivity contribution in [3.63, 3.8) is 0 Å². The van der Waals surface area contributed by atoms with Crippen molar-refractivity contribution >= 4 is 11.9 Å². The van der Waals surface area contributed by atoms with Gasteiger partial charge in [0.1, 0.15) is 0 Å². The van der Waals surface area contributed by atoms with E-state index in [4.69, 9.17) is 0 Å². The topological polar surface area (TPSA) is 69.2 Å². The standard InChI is InChI=1S/C12H15NO3.Na/c1-8(2)10(12(15)16)13-11(14)9-6-4-3-5-7-9;/h3-8,10H,1-2H3,(H,13,14)(H,15,16);/q;+1/p-1/t10-;/m0./s1. The van der Waals surface area contributed by atoms with E-state index in [1.807, 2.05) is 0 Å². The Morgan fingerprint density at radius 1 is 1.18 bits per heavy atom. The van der Waals surface area contributed by atoms with Crippen molar-refractivity contribution < 1.29 is 44.3 Å². The van der Waals surface area contributed by atoms with Gasteiger partial charge in [-0.05, 0) is 18.1 Å². The van der Waals surface area contributed by atoms with Crippen LogP contribution in [-0.2, 0) is 4.79 Å². The van der Waals surface area contributed by atoms with Crippen LogP contribution >= 0.6 is 0 Å². The summed E-state index contributed by atoms with van der Waals surface area (Å²) in [5.41, 5.74) is 0.439. The van der Waals surface area contributed by atoms with Gasteiger partial charge in [-0.15, -0.1) is 0 Å². The Morgan fingerprint density at radius 2 is 1.71 bits per heavy atom. The van der Waals surface area contributed by atoms with Crippen LogP contribution in [0.2, 0.25) is 0 Å². The van der Waals surface area contributed by atoms with Crippen molar-refractivity contribution in [1.82, 2.24) is 5.32 Å². The third-order valence-electron chi connectivity index (χ3n) is 2.24. The van der Waals surface area contributed by atoms with Gasteiger partial charge in [0.25, 0.3) is 5.91 Å². The van der Waals surface area contributed by atoms with Crippen LogP contribution in [-0.4, -0.2) is 17.9 Å². The first-order chi connectivity index (χ1) is 7.52. The Labute approximate surface area is 123 Å². The van der Waals surface area contributed by atoms with Crippen LogP contribution in [0.15, 0.2) is 30.3 Å². The van der Waals surface area contributed by atoms with E-state index in [0.29, 0.717) is 5.56 Å². The molecule has 1 aromatic carbocycles. The van der Waals surface area contributed by atoms with Gasteiger partial charge < -0.3 is 15.2 Å². The summed E-state index contributed by atoms with van der Waals surface area (Å²) < 4.78 is 0.